The molecule has 0 unspecified atom stereocenters. The molecule has 1 aliphatic heterocycles. The van der Waals surface area contributed by atoms with Crippen LogP contribution in [0.3, 0.4) is 0 Å². The van der Waals surface area contributed by atoms with Crippen molar-refractivity contribution in [2.75, 3.05) is 38.2 Å². The minimum Gasteiger partial charge on any atom is -0.379 e. The molecule has 1 saturated heterocycles. The molecule has 172 valence electrons. The number of hydrogen-bond acceptors (Lipinski definition) is 7. The second-order valence-corrected chi connectivity index (χ2v) is 7.69. The van der Waals surface area contributed by atoms with Gasteiger partial charge in [-0.2, -0.15) is 5.10 Å². The van der Waals surface area contributed by atoms with Crippen molar-refractivity contribution in [3.05, 3.63) is 63.8 Å². The fourth-order valence-corrected chi connectivity index (χ4v) is 3.62. The molecule has 2 amide bonds. The third-order valence-electron chi connectivity index (χ3n) is 5.39. The van der Waals surface area contributed by atoms with Crippen LogP contribution in [0, 0.1) is 10.1 Å². The zero-order valence-corrected chi connectivity index (χ0v) is 17.9. The lowest BCUT2D eigenvalue weighted by Crippen LogP contribution is -2.38. The average Bonchev–Trinajstić information content (AvgIpc) is 3.25. The number of aromatic amines is 1. The topological polar surface area (TPSA) is 142 Å². The molecule has 2 heterocycles. The highest BCUT2D eigenvalue weighted by Gasteiger charge is 2.17. The number of ether oxygens (including phenoxy) is 1. The van der Waals surface area contributed by atoms with Gasteiger partial charge in [0.25, 0.3) is 11.6 Å². The number of nitrogens with zero attached hydrogens (tertiary/aromatic N) is 3. The molecule has 3 N–H and O–H groups in total. The Morgan fingerprint density at radius 3 is 2.79 bits per heavy atom. The predicted octanol–water partition coefficient (Wildman–Crippen LogP) is 2.06. The number of amides is 2. The van der Waals surface area contributed by atoms with E-state index < -0.39 is 10.8 Å². The van der Waals surface area contributed by atoms with E-state index in [0.29, 0.717) is 42.8 Å². The van der Waals surface area contributed by atoms with Crippen molar-refractivity contribution in [3.63, 3.8) is 0 Å². The van der Waals surface area contributed by atoms with Gasteiger partial charge in [0.05, 0.1) is 23.7 Å². The number of nitro benzene ring substituents is 1. The van der Waals surface area contributed by atoms with E-state index >= 15 is 0 Å². The molecule has 0 saturated carbocycles. The summed E-state index contributed by atoms with van der Waals surface area (Å²) in [7, 11) is 0. The van der Waals surface area contributed by atoms with Gasteiger partial charge in [0.15, 0.2) is 5.69 Å². The molecule has 11 nitrogen and oxygen atoms in total. The van der Waals surface area contributed by atoms with Gasteiger partial charge in [0, 0.05) is 55.8 Å². The van der Waals surface area contributed by atoms with Gasteiger partial charge in [-0.25, -0.2) is 0 Å². The smallest absolute Gasteiger partial charge is 0.272 e. The number of morpholine rings is 1. The minimum atomic E-state index is -0.519. The van der Waals surface area contributed by atoms with E-state index in [1.807, 2.05) is 6.07 Å². The zero-order valence-electron chi connectivity index (χ0n) is 17.9. The highest BCUT2D eigenvalue weighted by atomic mass is 16.6. The molecule has 0 atom stereocenters. The van der Waals surface area contributed by atoms with Crippen LogP contribution in [0.15, 0.2) is 42.5 Å². The molecule has 1 aromatic heterocycles. The van der Waals surface area contributed by atoms with Crippen LogP contribution in [-0.2, 0) is 16.1 Å². The average molecular weight is 452 g/mol. The predicted molar refractivity (Wildman–Crippen MR) is 121 cm³/mol. The van der Waals surface area contributed by atoms with Gasteiger partial charge in [-0.3, -0.25) is 29.7 Å². The summed E-state index contributed by atoms with van der Waals surface area (Å²) in [5.74, 6) is -0.533. The van der Waals surface area contributed by atoms with Crippen molar-refractivity contribution in [1.29, 1.82) is 0 Å². The zero-order chi connectivity index (χ0) is 23.2. The number of fused-ring (bicyclic) bond motifs is 1. The number of benzene rings is 2. The highest BCUT2D eigenvalue weighted by Crippen LogP contribution is 2.22. The molecule has 3 aromatic rings. The largest absolute Gasteiger partial charge is 0.379 e. The molecule has 1 aliphatic rings. The molecular weight excluding hydrogens is 428 g/mol. The molecule has 33 heavy (non-hydrogen) atoms. The lowest BCUT2D eigenvalue weighted by atomic mass is 10.1. The van der Waals surface area contributed by atoms with Crippen molar-refractivity contribution in [1.82, 2.24) is 20.4 Å². The first-order valence-electron chi connectivity index (χ1n) is 10.6. The quantitative estimate of drug-likeness (QED) is 0.351. The Balaban J connectivity index is 1.33. The molecule has 2 aromatic carbocycles. The molecule has 1 fully saturated rings. The molecule has 0 bridgehead atoms. The third kappa shape index (κ3) is 5.70. The molecule has 0 aliphatic carbocycles. The van der Waals surface area contributed by atoms with E-state index in [0.717, 1.165) is 18.7 Å². The summed E-state index contributed by atoms with van der Waals surface area (Å²) in [5.41, 5.74) is 1.94. The maximum Gasteiger partial charge on any atom is 0.272 e. The fraction of sp³-hybridized carbons (Fsp3) is 0.318. The van der Waals surface area contributed by atoms with E-state index in [1.165, 1.54) is 18.2 Å². The Bertz CT molecular complexity index is 1170. The van der Waals surface area contributed by atoms with Crippen LogP contribution in [0.1, 0.15) is 22.5 Å². The number of hydrogen-bond donors (Lipinski definition) is 3. The third-order valence-corrected chi connectivity index (χ3v) is 5.39. The Morgan fingerprint density at radius 2 is 2.00 bits per heavy atom. The van der Waals surface area contributed by atoms with Crippen LogP contribution in [0.2, 0.25) is 0 Å². The fourth-order valence-electron chi connectivity index (χ4n) is 3.62. The summed E-state index contributed by atoms with van der Waals surface area (Å²) < 4.78 is 5.31. The van der Waals surface area contributed by atoms with Crippen molar-refractivity contribution in [2.24, 2.45) is 0 Å². The van der Waals surface area contributed by atoms with E-state index in [-0.39, 0.29) is 23.8 Å². The van der Waals surface area contributed by atoms with Gasteiger partial charge in [0.1, 0.15) is 0 Å². The summed E-state index contributed by atoms with van der Waals surface area (Å²) in [6.07, 6.45) is 0.388. The van der Waals surface area contributed by atoms with Gasteiger partial charge >= 0.3 is 0 Å². The minimum absolute atomic E-state index is 0.0766. The van der Waals surface area contributed by atoms with E-state index in [4.69, 9.17) is 4.74 Å². The Hall–Kier alpha value is -3.83. The second-order valence-electron chi connectivity index (χ2n) is 7.69. The SMILES string of the molecule is O=C(CCN1CCOCC1)Nc1cccc(CNC(=O)c2n[nH]c3ccc([N+](=O)[O-])cc23)c1. The Labute approximate surface area is 189 Å². The van der Waals surface area contributed by atoms with Crippen LogP contribution >= 0.6 is 0 Å². The van der Waals surface area contributed by atoms with Crippen LogP contribution in [0.4, 0.5) is 11.4 Å². The van der Waals surface area contributed by atoms with E-state index in [9.17, 15) is 19.7 Å². The first-order chi connectivity index (χ1) is 16.0. The Kier molecular flexibility index (Phi) is 6.91. The summed E-state index contributed by atoms with van der Waals surface area (Å²) in [6.45, 7) is 3.95. The number of H-pyrrole nitrogens is 1. The van der Waals surface area contributed by atoms with Gasteiger partial charge in [-0.1, -0.05) is 12.1 Å². The first kappa shape index (κ1) is 22.4. The van der Waals surface area contributed by atoms with Crippen molar-refractivity contribution >= 4 is 34.1 Å². The number of carbonyl (C=O) groups excluding carboxylic acids is 2. The van der Waals surface area contributed by atoms with Crippen LogP contribution in [-0.4, -0.2) is 64.7 Å². The number of nitrogens with one attached hydrogen (secondary N) is 3. The van der Waals surface area contributed by atoms with Gasteiger partial charge in [0.2, 0.25) is 5.91 Å². The number of rotatable bonds is 8. The van der Waals surface area contributed by atoms with Crippen molar-refractivity contribution in [3.8, 4) is 0 Å². The maximum absolute atomic E-state index is 12.6. The van der Waals surface area contributed by atoms with Crippen molar-refractivity contribution in [2.45, 2.75) is 13.0 Å². The van der Waals surface area contributed by atoms with Crippen LogP contribution in [0.5, 0.6) is 0 Å². The molecule has 11 heteroatoms. The number of aromatic nitrogens is 2. The number of nitro groups is 1. The molecule has 0 radical (unpaired) electrons. The summed E-state index contributed by atoms with van der Waals surface area (Å²) in [6, 6.07) is 11.4. The number of anilines is 1. The van der Waals surface area contributed by atoms with Gasteiger partial charge in [-0.05, 0) is 23.8 Å². The maximum atomic E-state index is 12.6. The Morgan fingerprint density at radius 1 is 1.18 bits per heavy atom. The van der Waals surface area contributed by atoms with Crippen LogP contribution in [0.25, 0.3) is 10.9 Å². The highest BCUT2D eigenvalue weighted by molar-refractivity contribution is 6.05. The first-order valence-corrected chi connectivity index (χ1v) is 10.6. The summed E-state index contributed by atoms with van der Waals surface area (Å²) in [5, 5.41) is 23.8. The lowest BCUT2D eigenvalue weighted by Gasteiger charge is -2.26. The number of non-ortho nitro benzene ring substituents is 1. The lowest BCUT2D eigenvalue weighted by molar-refractivity contribution is -0.384. The molecule has 0 spiro atoms. The monoisotopic (exact) mass is 452 g/mol. The number of carbonyl (C=O) groups is 2. The van der Waals surface area contributed by atoms with Gasteiger partial charge in [-0.15, -0.1) is 0 Å². The summed E-state index contributed by atoms with van der Waals surface area (Å²) >= 11 is 0. The normalized spacial score (nSPS) is 14.2. The molecular formula is C22H24N6O5. The van der Waals surface area contributed by atoms with E-state index in [1.54, 1.807) is 18.2 Å². The van der Waals surface area contributed by atoms with Crippen LogP contribution < -0.4 is 10.6 Å². The van der Waals surface area contributed by atoms with E-state index in [2.05, 4.69) is 25.7 Å². The summed E-state index contributed by atoms with van der Waals surface area (Å²) in [4.78, 5) is 37.6. The molecule has 4 rings (SSSR count). The van der Waals surface area contributed by atoms with Gasteiger partial charge < -0.3 is 15.4 Å². The standard InChI is InChI=1S/C22H24N6O5/c29-20(6-7-27-8-10-33-11-9-27)24-16-3-1-2-15(12-16)14-23-22(30)21-18-13-17(28(31)32)4-5-19(18)25-26-21/h1-5,12-13H,6-11,14H2,(H,23,30)(H,24,29)(H,25,26). The van der Waals surface area contributed by atoms with Crippen molar-refractivity contribution < 1.29 is 19.2 Å². The second kappa shape index (κ2) is 10.2.